The summed E-state index contributed by atoms with van der Waals surface area (Å²) >= 11 is 0. The molecular weight excluding hydrogens is 434 g/mol. The monoisotopic (exact) mass is 459 g/mol. The smallest absolute Gasteiger partial charge is 0.227 e. The molecule has 1 amide bonds. The van der Waals surface area contributed by atoms with Crippen molar-refractivity contribution in [1.29, 1.82) is 0 Å². The van der Waals surface area contributed by atoms with Gasteiger partial charge in [-0.05, 0) is 22.3 Å². The fraction of sp³-hybridized carbons (Fsp3) is 0.100. The summed E-state index contributed by atoms with van der Waals surface area (Å²) in [6, 6.07) is 37.9. The lowest BCUT2D eigenvalue weighted by Gasteiger charge is -2.19. The predicted molar refractivity (Wildman–Crippen MR) is 136 cm³/mol. The molecule has 5 rings (SSSR count). The number of carbonyl (C=O) groups excluding carboxylic acids is 1. The Morgan fingerprint density at radius 3 is 1.80 bits per heavy atom. The zero-order valence-electron chi connectivity index (χ0n) is 19.2. The van der Waals surface area contributed by atoms with Crippen molar-refractivity contribution < 1.29 is 9.32 Å². The van der Waals surface area contributed by atoms with E-state index in [1.54, 1.807) is 0 Å². The third kappa shape index (κ3) is 5.53. The molecule has 5 nitrogen and oxygen atoms in total. The molecule has 35 heavy (non-hydrogen) atoms. The molecule has 0 saturated heterocycles. The Bertz CT molecular complexity index is 1330. The number of rotatable bonds is 8. The molecule has 0 radical (unpaired) electrons. The second-order valence-corrected chi connectivity index (χ2v) is 8.28. The predicted octanol–water partition coefficient (Wildman–Crippen LogP) is 6.24. The number of amides is 1. The number of aryl methyl sites for hydroxylation is 1. The highest BCUT2D eigenvalue weighted by atomic mass is 16.5. The number of nitrogens with zero attached hydrogens (tertiary/aromatic N) is 2. The van der Waals surface area contributed by atoms with Gasteiger partial charge in [-0.15, -0.1) is 0 Å². The maximum atomic E-state index is 12.8. The molecule has 0 aliphatic rings. The molecular formula is C30H25N3O2. The molecule has 0 saturated carbocycles. The van der Waals surface area contributed by atoms with Gasteiger partial charge in [-0.3, -0.25) is 4.79 Å². The van der Waals surface area contributed by atoms with Crippen LogP contribution >= 0.6 is 0 Å². The van der Waals surface area contributed by atoms with Gasteiger partial charge in [0, 0.05) is 18.4 Å². The highest BCUT2D eigenvalue weighted by Gasteiger charge is 2.17. The third-order valence-electron chi connectivity index (χ3n) is 5.86. The summed E-state index contributed by atoms with van der Waals surface area (Å²) in [5.74, 6) is 0.888. The quantitative estimate of drug-likeness (QED) is 0.298. The zero-order valence-corrected chi connectivity index (χ0v) is 19.2. The van der Waals surface area contributed by atoms with Crippen molar-refractivity contribution in [3.8, 4) is 22.5 Å². The second kappa shape index (κ2) is 10.6. The van der Waals surface area contributed by atoms with E-state index in [9.17, 15) is 4.79 Å². The SMILES string of the molecule is O=C(CCc1nc(-c2ccc(-c3ccccc3)cc2)no1)NC(c1ccccc1)c1ccccc1. The van der Waals surface area contributed by atoms with Crippen molar-refractivity contribution in [1.82, 2.24) is 15.5 Å². The molecule has 0 unspecified atom stereocenters. The summed E-state index contributed by atoms with van der Waals surface area (Å²) in [4.78, 5) is 17.3. The minimum Gasteiger partial charge on any atom is -0.345 e. The van der Waals surface area contributed by atoms with E-state index in [2.05, 4.69) is 27.6 Å². The zero-order chi connectivity index (χ0) is 23.9. The van der Waals surface area contributed by atoms with E-state index < -0.39 is 0 Å². The Labute approximate surface area is 204 Å². The van der Waals surface area contributed by atoms with Crippen molar-refractivity contribution >= 4 is 5.91 Å². The summed E-state index contributed by atoms with van der Waals surface area (Å²) in [6.07, 6.45) is 0.627. The van der Waals surface area contributed by atoms with E-state index >= 15 is 0 Å². The molecule has 0 aliphatic carbocycles. The van der Waals surface area contributed by atoms with Crippen molar-refractivity contribution in [2.45, 2.75) is 18.9 Å². The summed E-state index contributed by atoms with van der Waals surface area (Å²) in [7, 11) is 0. The van der Waals surface area contributed by atoms with Crippen LogP contribution in [0, 0.1) is 0 Å². The Balaban J connectivity index is 1.22. The molecule has 4 aromatic carbocycles. The topological polar surface area (TPSA) is 68.0 Å². The van der Waals surface area contributed by atoms with E-state index in [0.717, 1.165) is 27.8 Å². The van der Waals surface area contributed by atoms with Gasteiger partial charge in [-0.25, -0.2) is 0 Å². The number of hydrogen-bond acceptors (Lipinski definition) is 4. The van der Waals surface area contributed by atoms with Gasteiger partial charge in [0.1, 0.15) is 0 Å². The Hall–Kier alpha value is -4.51. The Morgan fingerprint density at radius 1 is 0.686 bits per heavy atom. The molecule has 0 spiro atoms. The minimum absolute atomic E-state index is 0.0744. The van der Waals surface area contributed by atoms with Gasteiger partial charge in [0.2, 0.25) is 17.6 Å². The van der Waals surface area contributed by atoms with Crippen LogP contribution in [-0.4, -0.2) is 16.0 Å². The van der Waals surface area contributed by atoms with Gasteiger partial charge in [0.25, 0.3) is 0 Å². The fourth-order valence-corrected chi connectivity index (χ4v) is 4.02. The summed E-state index contributed by atoms with van der Waals surface area (Å²) in [5.41, 5.74) is 5.22. The van der Waals surface area contributed by atoms with E-state index in [4.69, 9.17) is 4.52 Å². The van der Waals surface area contributed by atoms with Crippen LogP contribution in [0.2, 0.25) is 0 Å². The number of nitrogens with one attached hydrogen (secondary N) is 1. The highest BCUT2D eigenvalue weighted by Crippen LogP contribution is 2.24. The average molecular weight is 460 g/mol. The largest absolute Gasteiger partial charge is 0.345 e. The Morgan fingerprint density at radius 2 is 1.20 bits per heavy atom. The molecule has 1 N–H and O–H groups in total. The molecule has 5 aromatic rings. The maximum Gasteiger partial charge on any atom is 0.227 e. The molecule has 1 heterocycles. The third-order valence-corrected chi connectivity index (χ3v) is 5.86. The molecule has 0 fully saturated rings. The molecule has 172 valence electrons. The molecule has 0 bridgehead atoms. The molecule has 1 aromatic heterocycles. The van der Waals surface area contributed by atoms with Gasteiger partial charge in [-0.2, -0.15) is 4.98 Å². The van der Waals surface area contributed by atoms with Crippen LogP contribution in [0.1, 0.15) is 29.5 Å². The first kappa shape index (κ1) is 22.3. The van der Waals surface area contributed by atoms with E-state index in [1.165, 1.54) is 0 Å². The first-order valence-corrected chi connectivity index (χ1v) is 11.6. The average Bonchev–Trinajstić information content (AvgIpc) is 3.41. The fourth-order valence-electron chi connectivity index (χ4n) is 4.02. The lowest BCUT2D eigenvalue weighted by molar-refractivity contribution is -0.121. The summed E-state index contributed by atoms with van der Waals surface area (Å²) < 4.78 is 5.42. The molecule has 5 heteroatoms. The van der Waals surface area contributed by atoms with Crippen LogP contribution in [0.25, 0.3) is 22.5 Å². The lowest BCUT2D eigenvalue weighted by Crippen LogP contribution is -2.29. The first-order valence-electron chi connectivity index (χ1n) is 11.6. The highest BCUT2D eigenvalue weighted by molar-refractivity contribution is 5.77. The van der Waals surface area contributed by atoms with Crippen molar-refractivity contribution in [2.24, 2.45) is 0 Å². The van der Waals surface area contributed by atoms with Gasteiger partial charge in [0.15, 0.2) is 0 Å². The van der Waals surface area contributed by atoms with Gasteiger partial charge < -0.3 is 9.84 Å². The lowest BCUT2D eigenvalue weighted by atomic mass is 9.98. The summed E-state index contributed by atoms with van der Waals surface area (Å²) in [5, 5.41) is 7.26. The number of aromatic nitrogens is 2. The maximum absolute atomic E-state index is 12.8. The normalized spacial score (nSPS) is 10.9. The number of hydrogen-bond donors (Lipinski definition) is 1. The molecule has 0 aliphatic heterocycles. The first-order chi connectivity index (χ1) is 17.3. The number of benzene rings is 4. The summed E-state index contributed by atoms with van der Waals surface area (Å²) in [6.45, 7) is 0. The van der Waals surface area contributed by atoms with E-state index in [0.29, 0.717) is 18.1 Å². The van der Waals surface area contributed by atoms with Crippen LogP contribution in [0.3, 0.4) is 0 Å². The van der Waals surface area contributed by atoms with Crippen LogP contribution in [0.15, 0.2) is 120 Å². The van der Waals surface area contributed by atoms with Crippen molar-refractivity contribution in [3.05, 3.63) is 132 Å². The molecule has 0 atom stereocenters. The van der Waals surface area contributed by atoms with Gasteiger partial charge in [0.05, 0.1) is 6.04 Å². The van der Waals surface area contributed by atoms with Crippen LogP contribution in [-0.2, 0) is 11.2 Å². The number of carbonyl (C=O) groups is 1. The van der Waals surface area contributed by atoms with Crippen molar-refractivity contribution in [2.75, 3.05) is 0 Å². The van der Waals surface area contributed by atoms with Crippen LogP contribution < -0.4 is 5.32 Å². The minimum atomic E-state index is -0.216. The standard InChI is InChI=1S/C30H25N3O2/c34-27(31-29(24-12-6-2-7-13-24)25-14-8-3-9-15-25)20-21-28-32-30(33-35-28)26-18-16-23(17-19-26)22-10-4-1-5-11-22/h1-19,29H,20-21H2,(H,31,34). The Kier molecular flexibility index (Phi) is 6.76. The van der Waals surface area contributed by atoms with Crippen LogP contribution in [0.5, 0.6) is 0 Å². The van der Waals surface area contributed by atoms with Gasteiger partial charge in [-0.1, -0.05) is 120 Å². The van der Waals surface area contributed by atoms with E-state index in [1.807, 2.05) is 103 Å². The van der Waals surface area contributed by atoms with Gasteiger partial charge >= 0.3 is 0 Å². The van der Waals surface area contributed by atoms with Crippen molar-refractivity contribution in [3.63, 3.8) is 0 Å². The second-order valence-electron chi connectivity index (χ2n) is 8.28. The van der Waals surface area contributed by atoms with E-state index in [-0.39, 0.29) is 18.4 Å². The van der Waals surface area contributed by atoms with Crippen LogP contribution in [0.4, 0.5) is 0 Å².